The minimum absolute atomic E-state index is 0.0640. The van der Waals surface area contributed by atoms with Gasteiger partial charge in [0.2, 0.25) is 0 Å². The van der Waals surface area contributed by atoms with Crippen molar-refractivity contribution in [1.82, 2.24) is 0 Å². The second-order valence-electron chi connectivity index (χ2n) is 4.68. The summed E-state index contributed by atoms with van der Waals surface area (Å²) in [5, 5.41) is 12.6. The van der Waals surface area contributed by atoms with E-state index in [2.05, 4.69) is 24.4 Å². The first-order valence-electron chi connectivity index (χ1n) is 6.17. The fraction of sp³-hybridized carbons (Fsp3) is 0.125. The molecule has 2 nitrogen and oxygen atoms in total. The monoisotopic (exact) mass is 269 g/mol. The lowest BCUT2D eigenvalue weighted by Crippen LogP contribution is -1.92. The van der Waals surface area contributed by atoms with Crippen LogP contribution in [0, 0.1) is 6.92 Å². The molecule has 3 aromatic rings. The molecule has 1 heterocycles. The molecule has 0 aliphatic rings. The molecule has 0 bridgehead atoms. The zero-order valence-electron chi connectivity index (χ0n) is 10.7. The predicted molar refractivity (Wildman–Crippen MR) is 82.3 cm³/mol. The Morgan fingerprint density at radius 1 is 1.21 bits per heavy atom. The van der Waals surface area contributed by atoms with E-state index in [-0.39, 0.29) is 6.61 Å². The number of hydrogen-bond acceptors (Lipinski definition) is 3. The van der Waals surface area contributed by atoms with E-state index in [1.807, 2.05) is 24.3 Å². The molecule has 3 heteroatoms. The van der Waals surface area contributed by atoms with Crippen molar-refractivity contribution in [3.05, 3.63) is 52.9 Å². The maximum atomic E-state index is 9.28. The topological polar surface area (TPSA) is 46.2 Å². The molecular formula is C16H15NOS. The van der Waals surface area contributed by atoms with Gasteiger partial charge >= 0.3 is 0 Å². The predicted octanol–water partition coefficient (Wildman–Crippen LogP) is 3.95. The largest absolute Gasteiger partial charge is 0.398 e. The molecule has 0 saturated carbocycles. The molecule has 0 saturated heterocycles. The minimum atomic E-state index is 0.0640. The van der Waals surface area contributed by atoms with Crippen LogP contribution in [0.5, 0.6) is 0 Å². The minimum Gasteiger partial charge on any atom is -0.398 e. The number of rotatable bonds is 2. The molecule has 19 heavy (non-hydrogen) atoms. The van der Waals surface area contributed by atoms with Gasteiger partial charge in [-0.15, -0.1) is 11.3 Å². The fourth-order valence-corrected chi connectivity index (χ4v) is 3.36. The number of nitrogens with two attached hydrogens (primary N) is 1. The van der Waals surface area contributed by atoms with Crippen molar-refractivity contribution >= 4 is 27.1 Å². The first kappa shape index (κ1) is 12.2. The third-order valence-electron chi connectivity index (χ3n) is 3.39. The summed E-state index contributed by atoms with van der Waals surface area (Å²) in [5.41, 5.74) is 11.3. The molecule has 96 valence electrons. The van der Waals surface area contributed by atoms with E-state index in [4.69, 9.17) is 5.73 Å². The number of nitrogen functional groups attached to an aromatic ring is 1. The van der Waals surface area contributed by atoms with Gasteiger partial charge in [0.15, 0.2) is 0 Å². The molecule has 0 aliphatic carbocycles. The summed E-state index contributed by atoms with van der Waals surface area (Å²) in [6.07, 6.45) is 0. The highest BCUT2D eigenvalue weighted by Gasteiger charge is 2.11. The average Bonchev–Trinajstić information content (AvgIpc) is 2.81. The van der Waals surface area contributed by atoms with Crippen molar-refractivity contribution < 1.29 is 5.11 Å². The zero-order valence-corrected chi connectivity index (χ0v) is 11.5. The van der Waals surface area contributed by atoms with E-state index in [0.29, 0.717) is 0 Å². The SMILES string of the molecule is Cc1cccc(N)c1-c1csc2ccc(CO)cc12. The molecular weight excluding hydrogens is 254 g/mol. The van der Waals surface area contributed by atoms with Crippen LogP contribution in [0.2, 0.25) is 0 Å². The van der Waals surface area contributed by atoms with Gasteiger partial charge in [-0.05, 0) is 41.6 Å². The van der Waals surface area contributed by atoms with Gasteiger partial charge in [0.1, 0.15) is 0 Å². The Bertz CT molecular complexity index is 725. The summed E-state index contributed by atoms with van der Waals surface area (Å²) in [6, 6.07) is 12.1. The highest BCUT2D eigenvalue weighted by molar-refractivity contribution is 7.17. The molecule has 0 fully saturated rings. The van der Waals surface area contributed by atoms with Crippen molar-refractivity contribution in [3.63, 3.8) is 0 Å². The summed E-state index contributed by atoms with van der Waals surface area (Å²) < 4.78 is 1.22. The van der Waals surface area contributed by atoms with Gasteiger partial charge in [0, 0.05) is 26.9 Å². The Kier molecular flexibility index (Phi) is 3.01. The molecule has 0 unspecified atom stereocenters. The molecule has 1 aromatic heterocycles. The fourth-order valence-electron chi connectivity index (χ4n) is 2.43. The number of aliphatic hydroxyl groups excluding tert-OH is 1. The van der Waals surface area contributed by atoms with E-state index in [1.165, 1.54) is 10.3 Å². The van der Waals surface area contributed by atoms with Crippen molar-refractivity contribution in [2.75, 3.05) is 5.73 Å². The van der Waals surface area contributed by atoms with Gasteiger partial charge in [-0.2, -0.15) is 0 Å². The summed E-state index contributed by atoms with van der Waals surface area (Å²) in [7, 11) is 0. The third kappa shape index (κ3) is 2.01. The highest BCUT2D eigenvalue weighted by atomic mass is 32.1. The first-order chi connectivity index (χ1) is 9.20. The van der Waals surface area contributed by atoms with Gasteiger partial charge in [-0.3, -0.25) is 0 Å². The normalized spacial score (nSPS) is 11.1. The molecule has 3 rings (SSSR count). The summed E-state index contributed by atoms with van der Waals surface area (Å²) >= 11 is 1.71. The Balaban J connectivity index is 2.31. The van der Waals surface area contributed by atoms with E-state index in [1.54, 1.807) is 11.3 Å². The van der Waals surface area contributed by atoms with Crippen LogP contribution in [-0.4, -0.2) is 5.11 Å². The number of aliphatic hydroxyl groups is 1. The van der Waals surface area contributed by atoms with Crippen molar-refractivity contribution in [2.45, 2.75) is 13.5 Å². The molecule has 0 radical (unpaired) electrons. The van der Waals surface area contributed by atoms with Crippen molar-refractivity contribution in [3.8, 4) is 11.1 Å². The first-order valence-corrected chi connectivity index (χ1v) is 7.05. The van der Waals surface area contributed by atoms with E-state index in [9.17, 15) is 5.11 Å². The molecule has 0 spiro atoms. The number of anilines is 1. The molecule has 2 aromatic carbocycles. The van der Waals surface area contributed by atoms with E-state index < -0.39 is 0 Å². The van der Waals surface area contributed by atoms with E-state index >= 15 is 0 Å². The Labute approximate surface area is 116 Å². The average molecular weight is 269 g/mol. The van der Waals surface area contributed by atoms with Crippen LogP contribution in [0.15, 0.2) is 41.8 Å². The lowest BCUT2D eigenvalue weighted by Gasteiger charge is -2.09. The number of aryl methyl sites for hydroxylation is 1. The Morgan fingerprint density at radius 2 is 2.05 bits per heavy atom. The molecule has 0 amide bonds. The van der Waals surface area contributed by atoms with Crippen LogP contribution in [0.3, 0.4) is 0 Å². The molecule has 3 N–H and O–H groups in total. The summed E-state index contributed by atoms with van der Waals surface area (Å²) in [4.78, 5) is 0. The summed E-state index contributed by atoms with van der Waals surface area (Å²) in [6.45, 7) is 2.14. The van der Waals surface area contributed by atoms with Gasteiger partial charge < -0.3 is 10.8 Å². The maximum absolute atomic E-state index is 9.28. The molecule has 0 aliphatic heterocycles. The van der Waals surface area contributed by atoms with Gasteiger partial charge in [0.25, 0.3) is 0 Å². The van der Waals surface area contributed by atoms with Crippen LogP contribution in [0.1, 0.15) is 11.1 Å². The lowest BCUT2D eigenvalue weighted by molar-refractivity contribution is 0.282. The smallest absolute Gasteiger partial charge is 0.0682 e. The third-order valence-corrected chi connectivity index (χ3v) is 4.36. The maximum Gasteiger partial charge on any atom is 0.0682 e. The van der Waals surface area contributed by atoms with Gasteiger partial charge in [-0.25, -0.2) is 0 Å². The van der Waals surface area contributed by atoms with Crippen LogP contribution in [0.4, 0.5) is 5.69 Å². The second kappa shape index (κ2) is 4.68. The summed E-state index contributed by atoms with van der Waals surface area (Å²) in [5.74, 6) is 0. The van der Waals surface area contributed by atoms with Crippen LogP contribution >= 0.6 is 11.3 Å². The van der Waals surface area contributed by atoms with E-state index in [0.717, 1.165) is 27.8 Å². The lowest BCUT2D eigenvalue weighted by atomic mass is 9.97. The van der Waals surface area contributed by atoms with Crippen molar-refractivity contribution in [1.29, 1.82) is 0 Å². The van der Waals surface area contributed by atoms with Crippen LogP contribution < -0.4 is 5.73 Å². The number of thiophene rings is 1. The number of benzene rings is 2. The zero-order chi connectivity index (χ0) is 13.4. The molecule has 0 atom stereocenters. The Hall–Kier alpha value is -1.84. The van der Waals surface area contributed by atoms with Crippen molar-refractivity contribution in [2.24, 2.45) is 0 Å². The van der Waals surface area contributed by atoms with Crippen LogP contribution in [-0.2, 0) is 6.61 Å². The Morgan fingerprint density at radius 3 is 2.79 bits per heavy atom. The van der Waals surface area contributed by atoms with Gasteiger partial charge in [-0.1, -0.05) is 18.2 Å². The number of hydrogen-bond donors (Lipinski definition) is 2. The quantitative estimate of drug-likeness (QED) is 0.692. The standard InChI is InChI=1S/C16H15NOS/c1-10-3-2-4-14(17)16(10)13-9-19-15-6-5-11(8-18)7-12(13)15/h2-7,9,18H,8,17H2,1H3. The number of fused-ring (bicyclic) bond motifs is 1. The van der Waals surface area contributed by atoms with Crippen LogP contribution in [0.25, 0.3) is 21.2 Å². The van der Waals surface area contributed by atoms with Gasteiger partial charge in [0.05, 0.1) is 6.61 Å². The second-order valence-corrected chi connectivity index (χ2v) is 5.59. The highest BCUT2D eigenvalue weighted by Crippen LogP contribution is 2.38.